The number of nitrogens with zero attached hydrogens (tertiary/aromatic N) is 5. The van der Waals surface area contributed by atoms with Gasteiger partial charge in [-0.3, -0.25) is 0 Å². The number of urea groups is 1. The molecule has 0 radical (unpaired) electrons. The third-order valence-corrected chi connectivity index (χ3v) is 8.82. The summed E-state index contributed by atoms with van der Waals surface area (Å²) in [5.41, 5.74) is 3.51. The number of hydrogen-bond donors (Lipinski definition) is 1. The van der Waals surface area contributed by atoms with Crippen molar-refractivity contribution in [2.45, 2.75) is 64.9 Å². The first-order valence-corrected chi connectivity index (χ1v) is 16.1. The second-order valence-corrected chi connectivity index (χ2v) is 13.1. The Morgan fingerprint density at radius 1 is 1.04 bits per heavy atom. The van der Waals surface area contributed by atoms with Gasteiger partial charge in [-0.1, -0.05) is 49.9 Å². The molecule has 9 nitrogen and oxygen atoms in total. The summed E-state index contributed by atoms with van der Waals surface area (Å²) in [4.78, 5) is 24.4. The molecular weight excluding hydrogens is 629 g/mol. The van der Waals surface area contributed by atoms with Crippen LogP contribution >= 0.6 is 11.8 Å². The van der Waals surface area contributed by atoms with Crippen LogP contribution in [0.1, 0.15) is 58.1 Å². The number of rotatable bonds is 8. The summed E-state index contributed by atoms with van der Waals surface area (Å²) < 4.78 is 48.3. The van der Waals surface area contributed by atoms with Crippen molar-refractivity contribution < 1.29 is 27.4 Å². The van der Waals surface area contributed by atoms with Gasteiger partial charge in [0.1, 0.15) is 17.8 Å². The number of nitrogens with one attached hydrogen (secondary N) is 1. The van der Waals surface area contributed by atoms with Gasteiger partial charge in [-0.05, 0) is 86.7 Å². The first-order valence-electron chi connectivity index (χ1n) is 15.1. The number of amides is 2. The van der Waals surface area contributed by atoms with Crippen LogP contribution in [0.3, 0.4) is 0 Å². The Hall–Kier alpha value is -4.52. The number of aromatic nitrogens is 3. The monoisotopic (exact) mass is 666 g/mol. The van der Waals surface area contributed by atoms with Crippen LogP contribution in [0.5, 0.6) is 11.5 Å². The zero-order valence-electron chi connectivity index (χ0n) is 27.0. The number of carbonyl (C=O) groups is 1. The molecule has 2 heterocycles. The third kappa shape index (κ3) is 8.07. The Morgan fingerprint density at radius 3 is 2.36 bits per heavy atom. The standard InChI is InChI=1S/C34H37F3N6O3S/c1-21(2)28-19-27(45-6)15-16-29(28)43-22(3)17-18-47-32(43)39-31(44)40-33(4,5)24-9-7-23(8-10-24)30-38-20-42(41-30)25-11-13-26(14-12-25)46-34(35,36)37/h7-16,19-22H,17-18H2,1-6H3,(H,40,44). The quantitative estimate of drug-likeness (QED) is 0.202. The Kier molecular flexibility index (Phi) is 9.85. The Morgan fingerprint density at radius 2 is 1.72 bits per heavy atom. The number of alkyl halides is 3. The zero-order valence-corrected chi connectivity index (χ0v) is 27.8. The highest BCUT2D eigenvalue weighted by Gasteiger charge is 2.32. The maximum Gasteiger partial charge on any atom is 0.573 e. The van der Waals surface area contributed by atoms with Crippen molar-refractivity contribution in [3.63, 3.8) is 0 Å². The summed E-state index contributed by atoms with van der Waals surface area (Å²) in [6.45, 7) is 10.2. The van der Waals surface area contributed by atoms with Gasteiger partial charge in [0.2, 0.25) is 0 Å². The van der Waals surface area contributed by atoms with Crippen LogP contribution < -0.4 is 19.7 Å². The molecule has 2 amide bonds. The SMILES string of the molecule is COc1ccc(N2C(=NC(=O)NC(C)(C)c3ccc(-c4ncn(-c5ccc(OC(F)(F)F)cc5)n4)cc3)SCCC2C)c(C(C)C)c1. The van der Waals surface area contributed by atoms with E-state index in [1.54, 1.807) is 18.9 Å². The zero-order chi connectivity index (χ0) is 33.9. The lowest BCUT2D eigenvalue weighted by molar-refractivity contribution is -0.274. The van der Waals surface area contributed by atoms with Crippen LogP contribution in [0.25, 0.3) is 17.1 Å². The lowest BCUT2D eigenvalue weighted by Gasteiger charge is -2.37. The molecule has 47 heavy (non-hydrogen) atoms. The maximum atomic E-state index is 13.4. The molecule has 0 bridgehead atoms. The fraction of sp³-hybridized carbons (Fsp3) is 0.353. The van der Waals surface area contributed by atoms with Crippen molar-refractivity contribution in [1.29, 1.82) is 0 Å². The first-order chi connectivity index (χ1) is 22.2. The summed E-state index contributed by atoms with van der Waals surface area (Å²) in [6, 6.07) is 18.6. The van der Waals surface area contributed by atoms with Crippen molar-refractivity contribution in [1.82, 2.24) is 20.1 Å². The first kappa shape index (κ1) is 33.8. The van der Waals surface area contributed by atoms with E-state index in [0.717, 1.165) is 40.3 Å². The van der Waals surface area contributed by atoms with Gasteiger partial charge in [0.15, 0.2) is 11.0 Å². The highest BCUT2D eigenvalue weighted by Crippen LogP contribution is 2.37. The highest BCUT2D eigenvalue weighted by molar-refractivity contribution is 8.14. The average molecular weight is 667 g/mol. The van der Waals surface area contributed by atoms with Gasteiger partial charge in [-0.2, -0.15) is 4.99 Å². The van der Waals surface area contributed by atoms with E-state index in [1.165, 1.54) is 35.3 Å². The molecule has 4 aromatic rings. The molecule has 1 N–H and O–H groups in total. The topological polar surface area (TPSA) is 93.9 Å². The van der Waals surface area contributed by atoms with Crippen molar-refractivity contribution in [2.75, 3.05) is 17.8 Å². The Bertz CT molecular complexity index is 1740. The predicted octanol–water partition coefficient (Wildman–Crippen LogP) is 8.30. The summed E-state index contributed by atoms with van der Waals surface area (Å²) in [6.07, 6.45) is -2.32. The smallest absolute Gasteiger partial charge is 0.497 e. The van der Waals surface area contributed by atoms with Gasteiger partial charge in [-0.25, -0.2) is 14.5 Å². The van der Waals surface area contributed by atoms with E-state index < -0.39 is 17.9 Å². The van der Waals surface area contributed by atoms with Gasteiger partial charge < -0.3 is 19.7 Å². The normalized spacial score (nSPS) is 16.4. The van der Waals surface area contributed by atoms with Crippen LogP contribution in [0.2, 0.25) is 0 Å². The molecule has 0 saturated carbocycles. The van der Waals surface area contributed by atoms with E-state index in [2.05, 4.69) is 50.8 Å². The van der Waals surface area contributed by atoms with E-state index in [9.17, 15) is 18.0 Å². The molecule has 1 aliphatic heterocycles. The Labute approximate surface area is 276 Å². The number of carbonyl (C=O) groups excluding carboxylic acids is 1. The van der Waals surface area contributed by atoms with Gasteiger partial charge >= 0.3 is 12.4 Å². The fourth-order valence-corrected chi connectivity index (χ4v) is 6.49. The number of halogens is 3. The minimum Gasteiger partial charge on any atom is -0.497 e. The molecular formula is C34H37F3N6O3S. The highest BCUT2D eigenvalue weighted by atomic mass is 32.2. The van der Waals surface area contributed by atoms with Gasteiger partial charge in [0, 0.05) is 23.0 Å². The molecule has 1 unspecified atom stereocenters. The predicted molar refractivity (Wildman–Crippen MR) is 179 cm³/mol. The van der Waals surface area contributed by atoms with Crippen molar-refractivity contribution >= 4 is 28.6 Å². The van der Waals surface area contributed by atoms with Crippen molar-refractivity contribution in [2.24, 2.45) is 4.99 Å². The second kappa shape index (κ2) is 13.7. The Balaban J connectivity index is 1.30. The average Bonchev–Trinajstić information content (AvgIpc) is 3.51. The molecule has 0 aliphatic carbocycles. The number of thioether (sulfide) groups is 1. The van der Waals surface area contributed by atoms with Gasteiger partial charge in [0.05, 0.1) is 18.3 Å². The molecule has 1 aromatic heterocycles. The van der Waals surface area contributed by atoms with E-state index in [0.29, 0.717) is 16.7 Å². The van der Waals surface area contributed by atoms with Crippen molar-refractivity contribution in [3.05, 3.63) is 84.2 Å². The second-order valence-electron chi connectivity index (χ2n) is 12.0. The van der Waals surface area contributed by atoms with Gasteiger partial charge in [0.25, 0.3) is 0 Å². The molecule has 0 spiro atoms. The van der Waals surface area contributed by atoms with Crippen LogP contribution in [0.15, 0.2) is 78.0 Å². The minimum absolute atomic E-state index is 0.161. The van der Waals surface area contributed by atoms with E-state index >= 15 is 0 Å². The number of anilines is 1. The van der Waals surface area contributed by atoms with E-state index in [1.807, 2.05) is 56.3 Å². The largest absolute Gasteiger partial charge is 0.573 e. The number of hydrogen-bond acceptors (Lipinski definition) is 6. The molecule has 3 aromatic carbocycles. The van der Waals surface area contributed by atoms with Crippen molar-refractivity contribution in [3.8, 4) is 28.6 Å². The lowest BCUT2D eigenvalue weighted by Crippen LogP contribution is -2.44. The summed E-state index contributed by atoms with van der Waals surface area (Å²) in [7, 11) is 1.65. The summed E-state index contributed by atoms with van der Waals surface area (Å²) >= 11 is 1.57. The number of methoxy groups -OCH3 is 1. The van der Waals surface area contributed by atoms with E-state index in [-0.39, 0.29) is 17.7 Å². The number of ether oxygens (including phenoxy) is 2. The van der Waals surface area contributed by atoms with Crippen LogP contribution in [0.4, 0.5) is 23.7 Å². The van der Waals surface area contributed by atoms with E-state index in [4.69, 9.17) is 4.74 Å². The molecule has 1 saturated heterocycles. The molecule has 1 atom stereocenters. The molecule has 1 fully saturated rings. The lowest BCUT2D eigenvalue weighted by atomic mass is 9.93. The minimum atomic E-state index is -4.76. The molecule has 1 aliphatic rings. The van der Waals surface area contributed by atoms with Crippen LogP contribution in [0, 0.1) is 0 Å². The summed E-state index contributed by atoms with van der Waals surface area (Å²) in [5.74, 6) is 2.01. The third-order valence-electron chi connectivity index (χ3n) is 7.84. The maximum absolute atomic E-state index is 13.4. The number of amidine groups is 1. The molecule has 13 heteroatoms. The van der Waals surface area contributed by atoms with Crippen LogP contribution in [-0.2, 0) is 5.54 Å². The van der Waals surface area contributed by atoms with Gasteiger partial charge in [-0.15, -0.1) is 18.3 Å². The number of benzene rings is 3. The molecule has 248 valence electrons. The summed E-state index contributed by atoms with van der Waals surface area (Å²) in [5, 5.41) is 8.19. The number of aliphatic imine (C=N–C) groups is 1. The van der Waals surface area contributed by atoms with Crippen LogP contribution in [-0.4, -0.2) is 51.2 Å². The fourth-order valence-electron chi connectivity index (χ4n) is 5.29. The molecule has 5 rings (SSSR count).